The minimum absolute atomic E-state index is 0.0820. The first-order chi connectivity index (χ1) is 9.81. The predicted molar refractivity (Wildman–Crippen MR) is 80.5 cm³/mol. The summed E-state index contributed by atoms with van der Waals surface area (Å²) in [4.78, 5) is 23.7. The van der Waals surface area contributed by atoms with E-state index < -0.39 is 17.5 Å². The Morgan fingerprint density at radius 1 is 1.14 bits per heavy atom. The molecule has 0 radical (unpaired) electrons. The lowest BCUT2D eigenvalue weighted by atomic mass is 10.1. The third kappa shape index (κ3) is 6.75. The Bertz CT molecular complexity index is 509. The van der Waals surface area contributed by atoms with Gasteiger partial charge in [-0.2, -0.15) is 0 Å². The molecule has 0 unspecified atom stereocenters. The molecule has 0 aliphatic rings. The van der Waals surface area contributed by atoms with E-state index in [0.717, 1.165) is 5.56 Å². The van der Waals surface area contributed by atoms with Crippen LogP contribution in [0.1, 0.15) is 39.7 Å². The van der Waals surface area contributed by atoms with Crippen molar-refractivity contribution in [3.63, 3.8) is 0 Å². The third-order valence-corrected chi connectivity index (χ3v) is 2.58. The maximum atomic E-state index is 12.0. The third-order valence-electron chi connectivity index (χ3n) is 2.58. The molecular formula is C17H22O4. The highest BCUT2D eigenvalue weighted by Gasteiger charge is 2.20. The van der Waals surface area contributed by atoms with E-state index in [-0.39, 0.29) is 13.0 Å². The highest BCUT2D eigenvalue weighted by atomic mass is 16.6. The Hall–Kier alpha value is -2.10. The van der Waals surface area contributed by atoms with Gasteiger partial charge in [-0.25, -0.2) is 4.79 Å². The van der Waals surface area contributed by atoms with E-state index in [2.05, 4.69) is 0 Å². The molecule has 0 bridgehead atoms. The molecule has 0 heterocycles. The molecule has 21 heavy (non-hydrogen) atoms. The first-order valence-corrected chi connectivity index (χ1v) is 6.90. The Morgan fingerprint density at radius 3 is 2.29 bits per heavy atom. The van der Waals surface area contributed by atoms with Gasteiger partial charge in [0.25, 0.3) is 0 Å². The second kappa shape index (κ2) is 7.62. The zero-order chi connectivity index (χ0) is 15.9. The van der Waals surface area contributed by atoms with Crippen LogP contribution in [0.25, 0.3) is 0 Å². The summed E-state index contributed by atoms with van der Waals surface area (Å²) in [7, 11) is 0. The molecule has 114 valence electrons. The molecule has 0 amide bonds. The molecule has 4 nitrogen and oxygen atoms in total. The van der Waals surface area contributed by atoms with E-state index in [9.17, 15) is 9.59 Å². The molecule has 0 atom stereocenters. The molecule has 1 aromatic rings. The van der Waals surface area contributed by atoms with Crippen LogP contribution in [0.2, 0.25) is 0 Å². The van der Waals surface area contributed by atoms with E-state index in [1.807, 2.05) is 30.3 Å². The van der Waals surface area contributed by atoms with Crippen LogP contribution in [-0.4, -0.2) is 17.5 Å². The average Bonchev–Trinajstić information content (AvgIpc) is 2.41. The Morgan fingerprint density at radius 2 is 1.76 bits per heavy atom. The largest absolute Gasteiger partial charge is 0.460 e. The van der Waals surface area contributed by atoms with Gasteiger partial charge in [-0.1, -0.05) is 36.4 Å². The molecule has 0 aromatic heterocycles. The molecule has 1 rings (SSSR count). The van der Waals surface area contributed by atoms with Crippen LogP contribution in [-0.2, 0) is 25.7 Å². The smallest absolute Gasteiger partial charge is 0.334 e. The average molecular weight is 290 g/mol. The summed E-state index contributed by atoms with van der Waals surface area (Å²) >= 11 is 0. The summed E-state index contributed by atoms with van der Waals surface area (Å²) in [5.74, 6) is -0.931. The number of hydrogen-bond donors (Lipinski definition) is 0. The second-order valence-electron chi connectivity index (χ2n) is 5.64. The molecule has 0 aliphatic carbocycles. The normalized spacial score (nSPS) is 11.9. The molecule has 0 saturated carbocycles. The lowest BCUT2D eigenvalue weighted by molar-refractivity contribution is -0.155. The van der Waals surface area contributed by atoms with Crippen molar-refractivity contribution < 1.29 is 19.1 Å². The van der Waals surface area contributed by atoms with E-state index in [1.165, 1.54) is 0 Å². The van der Waals surface area contributed by atoms with E-state index in [1.54, 1.807) is 33.8 Å². The van der Waals surface area contributed by atoms with Crippen molar-refractivity contribution >= 4 is 11.9 Å². The summed E-state index contributed by atoms with van der Waals surface area (Å²) < 4.78 is 10.4. The topological polar surface area (TPSA) is 52.6 Å². The Labute approximate surface area is 125 Å². The number of ether oxygens (including phenoxy) is 2. The molecule has 0 fully saturated rings. The summed E-state index contributed by atoms with van der Waals surface area (Å²) in [5, 5.41) is 0. The molecule has 0 saturated heterocycles. The highest BCUT2D eigenvalue weighted by Crippen LogP contribution is 2.13. The van der Waals surface area contributed by atoms with Crippen LogP contribution in [0, 0.1) is 0 Å². The lowest BCUT2D eigenvalue weighted by Gasteiger charge is -2.19. The van der Waals surface area contributed by atoms with Crippen LogP contribution < -0.4 is 0 Å². The number of rotatable bonds is 5. The highest BCUT2D eigenvalue weighted by molar-refractivity contribution is 5.93. The predicted octanol–water partition coefficient (Wildman–Crippen LogP) is 3.41. The van der Waals surface area contributed by atoms with Crippen LogP contribution in [0.5, 0.6) is 0 Å². The number of esters is 2. The first-order valence-electron chi connectivity index (χ1n) is 6.90. The lowest BCUT2D eigenvalue weighted by Crippen LogP contribution is -2.25. The van der Waals surface area contributed by atoms with Crippen molar-refractivity contribution in [3.8, 4) is 0 Å². The zero-order valence-corrected chi connectivity index (χ0v) is 13.0. The Balaban J connectivity index is 2.52. The van der Waals surface area contributed by atoms with Crippen LogP contribution in [0.3, 0.4) is 0 Å². The number of allylic oxidation sites excluding steroid dienone is 1. The summed E-state index contributed by atoms with van der Waals surface area (Å²) in [5.41, 5.74) is 0.642. The monoisotopic (exact) mass is 290 g/mol. The summed E-state index contributed by atoms with van der Waals surface area (Å²) in [6, 6.07) is 9.39. The van der Waals surface area contributed by atoms with E-state index in [0.29, 0.717) is 5.57 Å². The molecule has 0 N–H and O–H groups in total. The fraction of sp³-hybridized carbons (Fsp3) is 0.412. The van der Waals surface area contributed by atoms with Crippen molar-refractivity contribution in [1.82, 2.24) is 0 Å². The van der Waals surface area contributed by atoms with Crippen molar-refractivity contribution in [1.29, 1.82) is 0 Å². The van der Waals surface area contributed by atoms with Crippen molar-refractivity contribution in [2.75, 3.05) is 0 Å². The van der Waals surface area contributed by atoms with Crippen molar-refractivity contribution in [2.24, 2.45) is 0 Å². The van der Waals surface area contributed by atoms with Gasteiger partial charge in [0, 0.05) is 5.57 Å². The molecular weight excluding hydrogens is 268 g/mol. The Kier molecular flexibility index (Phi) is 6.15. The zero-order valence-electron chi connectivity index (χ0n) is 13.0. The standard InChI is InChI=1S/C17H22O4/c1-5-14(11-15(18)21-17(2,3)4)16(19)20-12-13-9-7-6-8-10-13/h5-10H,11-12H2,1-4H3/b14-5+. The summed E-state index contributed by atoms with van der Waals surface area (Å²) in [6.07, 6.45) is 1.50. The molecule has 4 heteroatoms. The SMILES string of the molecule is C/C=C(\CC(=O)OC(C)(C)C)C(=O)OCc1ccccc1. The van der Waals surface area contributed by atoms with Crippen molar-refractivity contribution in [3.05, 3.63) is 47.5 Å². The van der Waals surface area contributed by atoms with Crippen LogP contribution in [0.4, 0.5) is 0 Å². The van der Waals surface area contributed by atoms with E-state index in [4.69, 9.17) is 9.47 Å². The van der Waals surface area contributed by atoms with Gasteiger partial charge in [0.05, 0.1) is 6.42 Å². The van der Waals surface area contributed by atoms with Gasteiger partial charge >= 0.3 is 11.9 Å². The molecule has 0 spiro atoms. The maximum absolute atomic E-state index is 12.0. The number of carbonyl (C=O) groups is 2. The number of hydrogen-bond acceptors (Lipinski definition) is 4. The van der Waals surface area contributed by atoms with Gasteiger partial charge in [0.2, 0.25) is 0 Å². The molecule has 1 aromatic carbocycles. The fourth-order valence-electron chi connectivity index (χ4n) is 1.64. The minimum Gasteiger partial charge on any atom is -0.460 e. The fourth-order valence-corrected chi connectivity index (χ4v) is 1.64. The second-order valence-corrected chi connectivity index (χ2v) is 5.64. The van der Waals surface area contributed by atoms with E-state index >= 15 is 0 Å². The summed E-state index contributed by atoms with van der Waals surface area (Å²) in [6.45, 7) is 7.24. The van der Waals surface area contributed by atoms with Crippen molar-refractivity contribution in [2.45, 2.75) is 46.3 Å². The van der Waals surface area contributed by atoms with Gasteiger partial charge in [0.1, 0.15) is 12.2 Å². The molecule has 0 aliphatic heterocycles. The quantitative estimate of drug-likeness (QED) is 0.616. The van der Waals surface area contributed by atoms with Gasteiger partial charge in [0.15, 0.2) is 0 Å². The number of carbonyl (C=O) groups excluding carboxylic acids is 2. The van der Waals surface area contributed by atoms with Gasteiger partial charge in [-0.05, 0) is 33.3 Å². The van der Waals surface area contributed by atoms with Gasteiger partial charge in [-0.15, -0.1) is 0 Å². The van der Waals surface area contributed by atoms with Gasteiger partial charge in [-0.3, -0.25) is 4.79 Å². The number of benzene rings is 1. The van der Waals surface area contributed by atoms with Crippen LogP contribution >= 0.6 is 0 Å². The maximum Gasteiger partial charge on any atom is 0.334 e. The first kappa shape index (κ1) is 17.0. The van der Waals surface area contributed by atoms with Gasteiger partial charge < -0.3 is 9.47 Å². The minimum atomic E-state index is -0.566. The van der Waals surface area contributed by atoms with Crippen LogP contribution in [0.15, 0.2) is 42.0 Å².